The summed E-state index contributed by atoms with van der Waals surface area (Å²) in [6.45, 7) is 13.6. The number of benzene rings is 3. The average Bonchev–Trinajstić information content (AvgIpc) is 3.00. The molecule has 43 heavy (non-hydrogen) atoms. The van der Waals surface area contributed by atoms with Crippen molar-refractivity contribution in [2.75, 3.05) is 50.0 Å². The summed E-state index contributed by atoms with van der Waals surface area (Å²) in [5, 5.41) is 6.68. The number of fused-ring (bicyclic) bond motifs is 1. The Hall–Kier alpha value is -4.41. The molecule has 1 amide bonds. The van der Waals surface area contributed by atoms with E-state index < -0.39 is 11.6 Å². The van der Waals surface area contributed by atoms with Crippen LogP contribution in [0.4, 0.5) is 26.0 Å². The van der Waals surface area contributed by atoms with Crippen LogP contribution in [0.1, 0.15) is 20.3 Å². The molecule has 0 atom stereocenters. The monoisotopic (exact) mass is 586 g/mol. The van der Waals surface area contributed by atoms with Gasteiger partial charge in [0.1, 0.15) is 29.5 Å². The number of hydrogen-bond donors (Lipinski definition) is 2. The van der Waals surface area contributed by atoms with Gasteiger partial charge in [0.25, 0.3) is 0 Å². The van der Waals surface area contributed by atoms with Gasteiger partial charge < -0.3 is 20.3 Å². The summed E-state index contributed by atoms with van der Waals surface area (Å²) in [6, 6.07) is 14.6. The summed E-state index contributed by atoms with van der Waals surface area (Å²) < 4.78 is 35.0. The van der Waals surface area contributed by atoms with Crippen molar-refractivity contribution in [3.63, 3.8) is 0 Å². The van der Waals surface area contributed by atoms with Crippen LogP contribution in [0.5, 0.6) is 5.75 Å². The second kappa shape index (κ2) is 13.7. The highest BCUT2D eigenvalue weighted by molar-refractivity contribution is 6.03. The molecule has 10 heteroatoms. The largest absolute Gasteiger partial charge is 0.491 e. The fourth-order valence-electron chi connectivity index (χ4n) is 5.22. The number of anilines is 3. The Labute approximate surface area is 250 Å². The number of aromatic nitrogens is 2. The molecule has 1 saturated heterocycles. The number of halogens is 2. The smallest absolute Gasteiger partial charge is 0.247 e. The van der Waals surface area contributed by atoms with Crippen molar-refractivity contribution in [1.29, 1.82) is 0 Å². The summed E-state index contributed by atoms with van der Waals surface area (Å²) >= 11 is 0. The van der Waals surface area contributed by atoms with Crippen LogP contribution in [0.3, 0.4) is 0 Å². The van der Waals surface area contributed by atoms with Crippen molar-refractivity contribution in [3.8, 4) is 16.9 Å². The van der Waals surface area contributed by atoms with Crippen molar-refractivity contribution in [1.82, 2.24) is 19.8 Å². The fourth-order valence-corrected chi connectivity index (χ4v) is 5.22. The van der Waals surface area contributed by atoms with Gasteiger partial charge in [0, 0.05) is 55.9 Å². The molecule has 8 nitrogen and oxygen atoms in total. The van der Waals surface area contributed by atoms with Gasteiger partial charge in [0.15, 0.2) is 0 Å². The number of hydrogen-bond acceptors (Lipinski definition) is 7. The minimum atomic E-state index is -0.645. The van der Waals surface area contributed by atoms with E-state index in [1.54, 1.807) is 36.4 Å². The molecular weight excluding hydrogens is 550 g/mol. The Balaban J connectivity index is 1.34. The van der Waals surface area contributed by atoms with Crippen molar-refractivity contribution >= 4 is 34.0 Å². The molecule has 3 aromatic carbocycles. The summed E-state index contributed by atoms with van der Waals surface area (Å²) in [5.41, 5.74) is 1.92. The van der Waals surface area contributed by atoms with Gasteiger partial charge in [-0.3, -0.25) is 9.69 Å². The SMILES string of the molecule is C=CC(=O)Nc1cc2c(Nc3cccc(-c4c(F)cccc4F)c3)ncnc2cc1OCCCN1CCN(C(C)C)CC1. The summed E-state index contributed by atoms with van der Waals surface area (Å²) in [5.74, 6) is -0.716. The van der Waals surface area contributed by atoms with E-state index in [1.807, 2.05) is 0 Å². The molecule has 1 fully saturated rings. The molecule has 0 bridgehead atoms. The van der Waals surface area contributed by atoms with E-state index >= 15 is 0 Å². The van der Waals surface area contributed by atoms with Crippen LogP contribution >= 0.6 is 0 Å². The lowest BCUT2D eigenvalue weighted by Crippen LogP contribution is -2.49. The number of rotatable bonds is 11. The minimum Gasteiger partial charge on any atom is -0.491 e. The molecule has 1 aliphatic rings. The van der Waals surface area contributed by atoms with E-state index in [-0.39, 0.29) is 11.5 Å². The van der Waals surface area contributed by atoms with E-state index in [2.05, 4.69) is 50.8 Å². The van der Waals surface area contributed by atoms with Gasteiger partial charge in [0.2, 0.25) is 5.91 Å². The van der Waals surface area contributed by atoms with Crippen molar-refractivity contribution < 1.29 is 18.3 Å². The molecule has 5 rings (SSSR count). The van der Waals surface area contributed by atoms with E-state index in [9.17, 15) is 13.6 Å². The van der Waals surface area contributed by atoms with Crippen LogP contribution in [0.25, 0.3) is 22.0 Å². The summed E-state index contributed by atoms with van der Waals surface area (Å²) in [4.78, 5) is 26.0. The first-order chi connectivity index (χ1) is 20.8. The molecule has 224 valence electrons. The quantitative estimate of drug-likeness (QED) is 0.159. The molecule has 1 aliphatic heterocycles. The van der Waals surface area contributed by atoms with E-state index in [4.69, 9.17) is 4.74 Å². The van der Waals surface area contributed by atoms with Crippen molar-refractivity contribution in [3.05, 3.63) is 85.2 Å². The molecular formula is C33H36F2N6O2. The predicted molar refractivity (Wildman–Crippen MR) is 167 cm³/mol. The van der Waals surface area contributed by atoms with Gasteiger partial charge in [-0.15, -0.1) is 0 Å². The lowest BCUT2D eigenvalue weighted by Gasteiger charge is -2.36. The highest BCUT2D eigenvalue weighted by Crippen LogP contribution is 2.34. The number of carbonyl (C=O) groups excluding carboxylic acids is 1. The standard InChI is InChI=1S/C33H36F2N6O2/c1-4-31(42)39-29-19-25-28(20-30(29)43-17-7-12-40-13-15-41(16-14-40)22(2)3)36-21-37-33(25)38-24-9-5-8-23(18-24)32-26(34)10-6-11-27(32)35/h4-6,8-11,18-22H,1,7,12-17H2,2-3H3,(H,39,42)(H,36,37,38). The fraction of sp³-hybridized carbons (Fsp3) is 0.303. The van der Waals surface area contributed by atoms with Gasteiger partial charge in [0.05, 0.1) is 23.4 Å². The maximum absolute atomic E-state index is 14.4. The first-order valence-corrected chi connectivity index (χ1v) is 14.4. The van der Waals surface area contributed by atoms with Gasteiger partial charge in [-0.25, -0.2) is 18.7 Å². The third kappa shape index (κ3) is 7.33. The van der Waals surface area contributed by atoms with Crippen LogP contribution in [0.15, 0.2) is 73.6 Å². The minimum absolute atomic E-state index is 0.104. The topological polar surface area (TPSA) is 82.6 Å². The maximum Gasteiger partial charge on any atom is 0.247 e. The van der Waals surface area contributed by atoms with Crippen LogP contribution in [0.2, 0.25) is 0 Å². The molecule has 0 aliphatic carbocycles. The van der Waals surface area contributed by atoms with Crippen molar-refractivity contribution in [2.24, 2.45) is 0 Å². The lowest BCUT2D eigenvalue weighted by molar-refractivity contribution is -0.111. The second-order valence-corrected chi connectivity index (χ2v) is 10.8. The highest BCUT2D eigenvalue weighted by Gasteiger charge is 2.19. The molecule has 4 aromatic rings. The number of amides is 1. The van der Waals surface area contributed by atoms with Crippen LogP contribution in [-0.2, 0) is 4.79 Å². The number of nitrogens with one attached hydrogen (secondary N) is 2. The molecule has 2 heterocycles. The molecule has 0 spiro atoms. The van der Waals surface area contributed by atoms with Gasteiger partial charge >= 0.3 is 0 Å². The zero-order chi connectivity index (χ0) is 30.3. The Kier molecular flexibility index (Phi) is 9.58. The molecule has 0 saturated carbocycles. The Morgan fingerprint density at radius 2 is 1.79 bits per heavy atom. The Morgan fingerprint density at radius 3 is 2.51 bits per heavy atom. The molecule has 0 radical (unpaired) electrons. The zero-order valence-corrected chi connectivity index (χ0v) is 24.4. The highest BCUT2D eigenvalue weighted by atomic mass is 19.1. The van der Waals surface area contributed by atoms with Crippen molar-refractivity contribution in [2.45, 2.75) is 26.3 Å². The molecule has 0 unspecified atom stereocenters. The maximum atomic E-state index is 14.4. The van der Waals surface area contributed by atoms with E-state index in [0.29, 0.717) is 52.1 Å². The second-order valence-electron chi connectivity index (χ2n) is 10.8. The zero-order valence-electron chi connectivity index (χ0n) is 24.4. The van der Waals surface area contributed by atoms with E-state index in [1.165, 1.54) is 30.6 Å². The third-order valence-electron chi connectivity index (χ3n) is 7.57. The number of carbonyl (C=O) groups is 1. The number of ether oxygens (including phenoxy) is 1. The third-order valence-corrected chi connectivity index (χ3v) is 7.57. The summed E-state index contributed by atoms with van der Waals surface area (Å²) in [7, 11) is 0. The van der Waals surface area contributed by atoms with Gasteiger partial charge in [-0.2, -0.15) is 0 Å². The van der Waals surface area contributed by atoms with Crippen LogP contribution in [-0.4, -0.2) is 71.0 Å². The van der Waals surface area contributed by atoms with Crippen LogP contribution < -0.4 is 15.4 Å². The molecule has 1 aromatic heterocycles. The summed E-state index contributed by atoms with van der Waals surface area (Å²) in [6.07, 6.45) is 3.45. The first-order valence-electron chi connectivity index (χ1n) is 14.4. The normalized spacial score (nSPS) is 14.2. The number of piperazine rings is 1. The van der Waals surface area contributed by atoms with E-state index in [0.717, 1.165) is 39.1 Å². The number of nitrogens with zero attached hydrogens (tertiary/aromatic N) is 4. The van der Waals surface area contributed by atoms with Gasteiger partial charge in [-0.1, -0.05) is 24.8 Å². The Bertz CT molecular complexity index is 1580. The lowest BCUT2D eigenvalue weighted by atomic mass is 10.0. The van der Waals surface area contributed by atoms with Gasteiger partial charge in [-0.05, 0) is 62.2 Å². The average molecular weight is 587 g/mol. The predicted octanol–water partition coefficient (Wildman–Crippen LogP) is 6.24. The van der Waals surface area contributed by atoms with Crippen LogP contribution in [0, 0.1) is 11.6 Å². The molecule has 2 N–H and O–H groups in total. The first kappa shape index (κ1) is 30.1. The Morgan fingerprint density at radius 1 is 1.05 bits per heavy atom.